The minimum absolute atomic E-state index is 0.0814. The van der Waals surface area contributed by atoms with Crippen molar-refractivity contribution in [1.82, 2.24) is 16.0 Å². The molecule has 0 aromatic heterocycles. The SMILES string of the molecule is CCOC(=O)[C@@H]1NC(=O)[C@H](NC(=O)OC(C)(C)C)NC1=O. The van der Waals surface area contributed by atoms with Crippen molar-refractivity contribution in [3.05, 3.63) is 0 Å². The topological polar surface area (TPSA) is 123 Å². The highest BCUT2D eigenvalue weighted by atomic mass is 16.6. The van der Waals surface area contributed by atoms with Gasteiger partial charge >= 0.3 is 12.1 Å². The summed E-state index contributed by atoms with van der Waals surface area (Å²) in [6, 6.07) is -1.42. The van der Waals surface area contributed by atoms with Crippen LogP contribution in [0.5, 0.6) is 0 Å². The lowest BCUT2D eigenvalue weighted by atomic mass is 10.2. The first-order chi connectivity index (χ1) is 9.64. The van der Waals surface area contributed by atoms with E-state index in [2.05, 4.69) is 20.7 Å². The molecule has 1 fully saturated rings. The van der Waals surface area contributed by atoms with Gasteiger partial charge in [-0.25, -0.2) is 9.59 Å². The van der Waals surface area contributed by atoms with E-state index in [1.54, 1.807) is 27.7 Å². The van der Waals surface area contributed by atoms with Crippen LogP contribution in [-0.4, -0.2) is 48.3 Å². The van der Waals surface area contributed by atoms with Crippen LogP contribution in [0.15, 0.2) is 0 Å². The maximum absolute atomic E-state index is 11.8. The first-order valence-corrected chi connectivity index (χ1v) is 6.41. The van der Waals surface area contributed by atoms with Crippen molar-refractivity contribution in [2.75, 3.05) is 6.61 Å². The normalized spacial score (nSPS) is 21.9. The van der Waals surface area contributed by atoms with Crippen LogP contribution in [0, 0.1) is 0 Å². The number of piperazine rings is 1. The third-order valence-electron chi connectivity index (χ3n) is 2.28. The van der Waals surface area contributed by atoms with Gasteiger partial charge in [-0.15, -0.1) is 0 Å². The Hall–Kier alpha value is -2.32. The molecule has 2 atom stereocenters. The van der Waals surface area contributed by atoms with Crippen LogP contribution < -0.4 is 16.0 Å². The molecule has 1 aliphatic heterocycles. The molecule has 0 aromatic carbocycles. The predicted molar refractivity (Wildman–Crippen MR) is 69.9 cm³/mol. The van der Waals surface area contributed by atoms with Gasteiger partial charge < -0.3 is 20.1 Å². The van der Waals surface area contributed by atoms with Crippen molar-refractivity contribution >= 4 is 23.9 Å². The number of amides is 3. The summed E-state index contributed by atoms with van der Waals surface area (Å²) >= 11 is 0. The standard InChI is InChI=1S/C12H19N3O6/c1-5-20-10(18)6-8(16)14-7(9(17)13-6)15-11(19)21-12(2,3)4/h6-7H,5H2,1-4H3,(H,13,17)(H,14,16)(H,15,19)/t6-,7+/m1/s1. The Morgan fingerprint density at radius 3 is 2.33 bits per heavy atom. The molecular weight excluding hydrogens is 282 g/mol. The minimum Gasteiger partial charge on any atom is -0.464 e. The van der Waals surface area contributed by atoms with Crippen molar-refractivity contribution in [2.45, 2.75) is 45.5 Å². The molecule has 0 unspecified atom stereocenters. The number of alkyl carbamates (subject to hydrolysis) is 1. The van der Waals surface area contributed by atoms with Crippen LogP contribution >= 0.6 is 0 Å². The molecule has 3 N–H and O–H groups in total. The quantitative estimate of drug-likeness (QED) is 0.454. The van der Waals surface area contributed by atoms with Crippen LogP contribution in [0.1, 0.15) is 27.7 Å². The molecule has 1 rings (SSSR count). The summed E-state index contributed by atoms with van der Waals surface area (Å²) in [5.41, 5.74) is -0.743. The van der Waals surface area contributed by atoms with Gasteiger partial charge in [0.25, 0.3) is 11.8 Å². The monoisotopic (exact) mass is 301 g/mol. The third kappa shape index (κ3) is 4.93. The number of rotatable bonds is 3. The number of carbonyl (C=O) groups is 4. The fraction of sp³-hybridized carbons (Fsp3) is 0.667. The summed E-state index contributed by atoms with van der Waals surface area (Å²) in [6.07, 6.45) is -2.17. The molecule has 21 heavy (non-hydrogen) atoms. The number of esters is 1. The summed E-state index contributed by atoms with van der Waals surface area (Å²) in [7, 11) is 0. The van der Waals surface area contributed by atoms with Crippen molar-refractivity contribution in [3.8, 4) is 0 Å². The molecular formula is C12H19N3O6. The smallest absolute Gasteiger partial charge is 0.409 e. The first kappa shape index (κ1) is 16.7. The average Bonchev–Trinajstić information content (AvgIpc) is 2.31. The van der Waals surface area contributed by atoms with Crippen molar-refractivity contribution < 1.29 is 28.7 Å². The third-order valence-corrected chi connectivity index (χ3v) is 2.28. The first-order valence-electron chi connectivity index (χ1n) is 6.41. The summed E-state index contributed by atoms with van der Waals surface area (Å²) in [5, 5.41) is 6.57. The lowest BCUT2D eigenvalue weighted by Crippen LogP contribution is -2.69. The molecule has 0 saturated carbocycles. The molecule has 0 aliphatic carbocycles. The van der Waals surface area contributed by atoms with Gasteiger partial charge in [0.15, 0.2) is 6.17 Å². The molecule has 1 saturated heterocycles. The van der Waals surface area contributed by atoms with E-state index in [1.807, 2.05) is 0 Å². The largest absolute Gasteiger partial charge is 0.464 e. The number of hydrogen-bond donors (Lipinski definition) is 3. The lowest BCUT2D eigenvalue weighted by Gasteiger charge is -2.29. The number of hydrogen-bond acceptors (Lipinski definition) is 6. The summed E-state index contributed by atoms with van der Waals surface area (Å²) in [5.74, 6) is -2.37. The Morgan fingerprint density at radius 1 is 1.19 bits per heavy atom. The van der Waals surface area contributed by atoms with Crippen LogP contribution in [0.25, 0.3) is 0 Å². The molecule has 0 radical (unpaired) electrons. The second kappa shape index (κ2) is 6.42. The second-order valence-electron chi connectivity index (χ2n) is 5.28. The molecule has 9 heteroatoms. The van der Waals surface area contributed by atoms with Crippen molar-refractivity contribution in [2.24, 2.45) is 0 Å². The Labute approximate surface area is 121 Å². The van der Waals surface area contributed by atoms with Gasteiger partial charge in [0, 0.05) is 0 Å². The van der Waals surface area contributed by atoms with Gasteiger partial charge in [0.2, 0.25) is 6.04 Å². The maximum Gasteiger partial charge on any atom is 0.409 e. The van der Waals surface area contributed by atoms with Gasteiger partial charge in [0.05, 0.1) is 6.61 Å². The van der Waals surface area contributed by atoms with E-state index in [9.17, 15) is 19.2 Å². The molecule has 9 nitrogen and oxygen atoms in total. The van der Waals surface area contributed by atoms with Crippen LogP contribution in [0.3, 0.4) is 0 Å². The fourth-order valence-corrected chi connectivity index (χ4v) is 1.50. The molecule has 0 spiro atoms. The van der Waals surface area contributed by atoms with Gasteiger partial charge in [-0.05, 0) is 27.7 Å². The highest BCUT2D eigenvalue weighted by Gasteiger charge is 2.39. The van der Waals surface area contributed by atoms with Gasteiger partial charge in [-0.3, -0.25) is 14.9 Å². The Kier molecular flexibility index (Phi) is 5.12. The number of nitrogens with one attached hydrogen (secondary N) is 3. The molecule has 3 amide bonds. The van der Waals surface area contributed by atoms with Crippen LogP contribution in [0.4, 0.5) is 4.79 Å². The Morgan fingerprint density at radius 2 is 1.81 bits per heavy atom. The molecule has 118 valence electrons. The van der Waals surface area contributed by atoms with E-state index in [-0.39, 0.29) is 6.61 Å². The van der Waals surface area contributed by atoms with E-state index < -0.39 is 41.7 Å². The van der Waals surface area contributed by atoms with Gasteiger partial charge in [-0.1, -0.05) is 0 Å². The van der Waals surface area contributed by atoms with Crippen molar-refractivity contribution in [1.29, 1.82) is 0 Å². The zero-order valence-electron chi connectivity index (χ0n) is 12.3. The van der Waals surface area contributed by atoms with E-state index in [4.69, 9.17) is 4.74 Å². The van der Waals surface area contributed by atoms with E-state index in [0.29, 0.717) is 0 Å². The number of carbonyl (C=O) groups excluding carboxylic acids is 4. The predicted octanol–water partition coefficient (Wildman–Crippen LogP) is -0.985. The van der Waals surface area contributed by atoms with E-state index in [1.165, 1.54) is 0 Å². The maximum atomic E-state index is 11.8. The summed E-state index contributed by atoms with van der Waals surface area (Å²) < 4.78 is 9.62. The fourth-order valence-electron chi connectivity index (χ4n) is 1.50. The van der Waals surface area contributed by atoms with E-state index in [0.717, 1.165) is 0 Å². The molecule has 1 heterocycles. The molecule has 0 aromatic rings. The van der Waals surface area contributed by atoms with Gasteiger partial charge in [0.1, 0.15) is 5.60 Å². The zero-order chi connectivity index (χ0) is 16.2. The minimum atomic E-state index is -1.42. The van der Waals surface area contributed by atoms with E-state index >= 15 is 0 Å². The zero-order valence-corrected chi connectivity index (χ0v) is 12.3. The highest BCUT2D eigenvalue weighted by Crippen LogP contribution is 2.07. The molecule has 1 aliphatic rings. The van der Waals surface area contributed by atoms with Gasteiger partial charge in [-0.2, -0.15) is 0 Å². The summed E-state index contributed by atoms with van der Waals surface area (Å²) in [4.78, 5) is 46.5. The Bertz CT molecular complexity index is 456. The summed E-state index contributed by atoms with van der Waals surface area (Å²) in [6.45, 7) is 6.63. The molecule has 0 bridgehead atoms. The number of ether oxygens (including phenoxy) is 2. The average molecular weight is 301 g/mol. The highest BCUT2D eigenvalue weighted by molar-refractivity contribution is 6.09. The second-order valence-corrected chi connectivity index (χ2v) is 5.28. The van der Waals surface area contributed by atoms with Crippen LogP contribution in [0.2, 0.25) is 0 Å². The lowest BCUT2D eigenvalue weighted by molar-refractivity contribution is -0.154. The van der Waals surface area contributed by atoms with Crippen LogP contribution in [-0.2, 0) is 23.9 Å². The Balaban J connectivity index is 2.62. The van der Waals surface area contributed by atoms with Crippen molar-refractivity contribution in [3.63, 3.8) is 0 Å².